The van der Waals surface area contributed by atoms with Crippen molar-refractivity contribution in [1.29, 1.82) is 0 Å². The van der Waals surface area contributed by atoms with E-state index in [2.05, 4.69) is 10.4 Å². The molecule has 0 aliphatic heterocycles. The second-order valence-electron chi connectivity index (χ2n) is 3.56. The second-order valence-corrected chi connectivity index (χ2v) is 3.56. The molecule has 0 aromatic heterocycles. The van der Waals surface area contributed by atoms with E-state index in [-0.39, 0.29) is 6.04 Å². The second kappa shape index (κ2) is 5.46. The molecule has 1 aromatic carbocycles. The SMILES string of the molecule is COc1ccc(C(=NC(C)C)NN)c(F)c1. The summed E-state index contributed by atoms with van der Waals surface area (Å²) in [6.07, 6.45) is 0. The molecule has 16 heavy (non-hydrogen) atoms. The number of ether oxygens (including phenoxy) is 1. The number of hydrazine groups is 1. The van der Waals surface area contributed by atoms with Crippen LogP contribution in [-0.2, 0) is 0 Å². The van der Waals surface area contributed by atoms with Crippen LogP contribution >= 0.6 is 0 Å². The highest BCUT2D eigenvalue weighted by Gasteiger charge is 2.10. The summed E-state index contributed by atoms with van der Waals surface area (Å²) in [6.45, 7) is 3.78. The predicted molar refractivity (Wildman–Crippen MR) is 61.9 cm³/mol. The molecule has 3 N–H and O–H groups in total. The van der Waals surface area contributed by atoms with E-state index < -0.39 is 5.82 Å². The number of rotatable bonds is 3. The van der Waals surface area contributed by atoms with Crippen LogP contribution in [0.25, 0.3) is 0 Å². The number of nitrogens with two attached hydrogens (primary N) is 1. The Morgan fingerprint density at radius 1 is 1.50 bits per heavy atom. The maximum Gasteiger partial charge on any atom is 0.145 e. The number of benzene rings is 1. The van der Waals surface area contributed by atoms with Crippen molar-refractivity contribution in [3.63, 3.8) is 0 Å². The van der Waals surface area contributed by atoms with Gasteiger partial charge < -0.3 is 10.2 Å². The molecule has 0 saturated heterocycles. The molecule has 0 spiro atoms. The van der Waals surface area contributed by atoms with E-state index in [1.54, 1.807) is 12.1 Å². The predicted octanol–water partition coefficient (Wildman–Crippen LogP) is 1.45. The van der Waals surface area contributed by atoms with Gasteiger partial charge in [-0.3, -0.25) is 4.99 Å². The zero-order valence-electron chi connectivity index (χ0n) is 9.62. The lowest BCUT2D eigenvalue weighted by Gasteiger charge is -2.09. The Hall–Kier alpha value is -1.62. The highest BCUT2D eigenvalue weighted by Crippen LogP contribution is 2.16. The third-order valence-corrected chi connectivity index (χ3v) is 1.96. The molecule has 0 radical (unpaired) electrons. The third kappa shape index (κ3) is 2.93. The summed E-state index contributed by atoms with van der Waals surface area (Å²) >= 11 is 0. The first kappa shape index (κ1) is 12.4. The van der Waals surface area contributed by atoms with Gasteiger partial charge in [-0.2, -0.15) is 0 Å². The Morgan fingerprint density at radius 2 is 2.19 bits per heavy atom. The fraction of sp³-hybridized carbons (Fsp3) is 0.364. The van der Waals surface area contributed by atoms with E-state index in [1.165, 1.54) is 13.2 Å². The van der Waals surface area contributed by atoms with Gasteiger partial charge in [0.1, 0.15) is 17.4 Å². The largest absolute Gasteiger partial charge is 0.497 e. The number of aliphatic imine (C=N–C) groups is 1. The zero-order chi connectivity index (χ0) is 12.1. The maximum atomic E-state index is 13.7. The van der Waals surface area contributed by atoms with Gasteiger partial charge in [0.05, 0.1) is 12.7 Å². The van der Waals surface area contributed by atoms with Crippen LogP contribution < -0.4 is 16.0 Å². The first-order valence-corrected chi connectivity index (χ1v) is 4.96. The van der Waals surface area contributed by atoms with Gasteiger partial charge in [-0.05, 0) is 26.0 Å². The fourth-order valence-corrected chi connectivity index (χ4v) is 1.26. The van der Waals surface area contributed by atoms with Crippen molar-refractivity contribution >= 4 is 5.84 Å². The van der Waals surface area contributed by atoms with Crippen molar-refractivity contribution < 1.29 is 9.13 Å². The van der Waals surface area contributed by atoms with Crippen molar-refractivity contribution in [3.8, 4) is 5.75 Å². The summed E-state index contributed by atoms with van der Waals surface area (Å²) in [7, 11) is 1.48. The van der Waals surface area contributed by atoms with Gasteiger partial charge >= 0.3 is 0 Å². The van der Waals surface area contributed by atoms with Crippen LogP contribution in [0.4, 0.5) is 4.39 Å². The van der Waals surface area contributed by atoms with Crippen LogP contribution in [0, 0.1) is 5.82 Å². The summed E-state index contributed by atoms with van der Waals surface area (Å²) in [5.74, 6) is 5.68. The molecule has 88 valence electrons. The molecular formula is C11H16FN3O. The van der Waals surface area contributed by atoms with Crippen LogP contribution in [-0.4, -0.2) is 19.0 Å². The van der Waals surface area contributed by atoms with Gasteiger partial charge in [0.15, 0.2) is 0 Å². The average molecular weight is 225 g/mol. The van der Waals surface area contributed by atoms with Crippen molar-refractivity contribution in [2.75, 3.05) is 7.11 Å². The van der Waals surface area contributed by atoms with Crippen molar-refractivity contribution in [1.82, 2.24) is 5.43 Å². The lowest BCUT2D eigenvalue weighted by atomic mass is 10.2. The Balaban J connectivity index is 3.11. The molecular weight excluding hydrogens is 209 g/mol. The molecule has 1 aromatic rings. The number of halogens is 1. The fourth-order valence-electron chi connectivity index (χ4n) is 1.26. The van der Waals surface area contributed by atoms with Gasteiger partial charge in [0.2, 0.25) is 0 Å². The molecule has 0 saturated carbocycles. The van der Waals surface area contributed by atoms with E-state index >= 15 is 0 Å². The van der Waals surface area contributed by atoms with Crippen molar-refractivity contribution in [2.45, 2.75) is 19.9 Å². The Labute approximate surface area is 94.3 Å². The van der Waals surface area contributed by atoms with E-state index in [4.69, 9.17) is 10.6 Å². The van der Waals surface area contributed by atoms with Gasteiger partial charge in [-0.15, -0.1) is 0 Å². The lowest BCUT2D eigenvalue weighted by Crippen LogP contribution is -2.32. The quantitative estimate of drug-likeness (QED) is 0.354. The third-order valence-electron chi connectivity index (χ3n) is 1.96. The molecule has 0 unspecified atom stereocenters. The first-order valence-electron chi connectivity index (χ1n) is 4.96. The molecule has 1 rings (SSSR count). The number of methoxy groups -OCH3 is 1. The van der Waals surface area contributed by atoms with Crippen LogP contribution in [0.15, 0.2) is 23.2 Å². The topological polar surface area (TPSA) is 59.6 Å². The smallest absolute Gasteiger partial charge is 0.145 e. The Kier molecular flexibility index (Phi) is 4.25. The minimum absolute atomic E-state index is 0.0348. The molecule has 0 aliphatic rings. The van der Waals surface area contributed by atoms with E-state index in [0.29, 0.717) is 17.1 Å². The summed E-state index contributed by atoms with van der Waals surface area (Å²) in [4.78, 5) is 4.18. The zero-order valence-corrected chi connectivity index (χ0v) is 9.62. The van der Waals surface area contributed by atoms with Gasteiger partial charge in [0, 0.05) is 12.1 Å². The van der Waals surface area contributed by atoms with Crippen molar-refractivity contribution in [3.05, 3.63) is 29.6 Å². The highest BCUT2D eigenvalue weighted by molar-refractivity contribution is 5.98. The maximum absolute atomic E-state index is 13.7. The van der Waals surface area contributed by atoms with E-state index in [0.717, 1.165) is 0 Å². The molecule has 5 heteroatoms. The number of amidine groups is 1. The molecule has 0 amide bonds. The van der Waals surface area contributed by atoms with Crippen LogP contribution in [0.5, 0.6) is 5.75 Å². The van der Waals surface area contributed by atoms with E-state index in [9.17, 15) is 4.39 Å². The molecule has 0 fully saturated rings. The number of hydrogen-bond acceptors (Lipinski definition) is 3. The lowest BCUT2D eigenvalue weighted by molar-refractivity contribution is 0.411. The Morgan fingerprint density at radius 3 is 2.62 bits per heavy atom. The first-order chi connectivity index (χ1) is 7.58. The normalized spacial score (nSPS) is 11.8. The van der Waals surface area contributed by atoms with Crippen LogP contribution in [0.1, 0.15) is 19.4 Å². The number of nitrogens with zero attached hydrogens (tertiary/aromatic N) is 1. The van der Waals surface area contributed by atoms with E-state index in [1.807, 2.05) is 13.8 Å². The molecule has 4 nitrogen and oxygen atoms in total. The van der Waals surface area contributed by atoms with Crippen molar-refractivity contribution in [2.24, 2.45) is 10.8 Å². The summed E-state index contributed by atoms with van der Waals surface area (Å²) < 4.78 is 18.6. The van der Waals surface area contributed by atoms with Crippen LogP contribution in [0.3, 0.4) is 0 Å². The number of hydrogen-bond donors (Lipinski definition) is 2. The Bertz CT molecular complexity index is 391. The molecule has 0 heterocycles. The van der Waals surface area contributed by atoms with Crippen LogP contribution in [0.2, 0.25) is 0 Å². The van der Waals surface area contributed by atoms with Gasteiger partial charge in [0.25, 0.3) is 0 Å². The highest BCUT2D eigenvalue weighted by atomic mass is 19.1. The monoisotopic (exact) mass is 225 g/mol. The molecule has 0 bridgehead atoms. The molecule has 0 aliphatic carbocycles. The summed E-state index contributed by atoms with van der Waals surface area (Å²) in [5.41, 5.74) is 2.73. The standard InChI is InChI=1S/C11H16FN3O/c1-7(2)14-11(15-13)9-5-4-8(16-3)6-10(9)12/h4-7H,13H2,1-3H3,(H,14,15). The molecule has 0 atom stereocenters. The summed E-state index contributed by atoms with van der Waals surface area (Å²) in [5, 5.41) is 0. The average Bonchev–Trinajstić information content (AvgIpc) is 2.25. The van der Waals surface area contributed by atoms with Gasteiger partial charge in [-0.25, -0.2) is 10.2 Å². The number of nitrogens with one attached hydrogen (secondary N) is 1. The minimum Gasteiger partial charge on any atom is -0.497 e. The summed E-state index contributed by atoms with van der Waals surface area (Å²) in [6, 6.07) is 4.57. The van der Waals surface area contributed by atoms with Gasteiger partial charge in [-0.1, -0.05) is 0 Å². The minimum atomic E-state index is -0.420.